The molecule has 0 unspecified atom stereocenters. The lowest BCUT2D eigenvalue weighted by molar-refractivity contribution is -0.142. The number of rotatable bonds is 1. The highest BCUT2D eigenvalue weighted by atomic mass is 19.4. The summed E-state index contributed by atoms with van der Waals surface area (Å²) in [6.45, 7) is 0. The van der Waals surface area contributed by atoms with E-state index in [1.807, 2.05) is 0 Å². The van der Waals surface area contributed by atoms with E-state index in [4.69, 9.17) is 0 Å². The number of hydrogen-bond acceptors (Lipinski definition) is 0. The van der Waals surface area contributed by atoms with Crippen LogP contribution in [0.3, 0.4) is 0 Å². The van der Waals surface area contributed by atoms with Crippen LogP contribution in [0.5, 0.6) is 0 Å². The van der Waals surface area contributed by atoms with Gasteiger partial charge in [-0.3, -0.25) is 0 Å². The molecule has 2 aromatic carbocycles. The van der Waals surface area contributed by atoms with Crippen LogP contribution in [0.15, 0.2) is 54.6 Å². The number of halogens is 6. The van der Waals surface area contributed by atoms with Gasteiger partial charge < -0.3 is 4.57 Å². The zero-order valence-corrected chi connectivity index (χ0v) is 11.4. The Kier molecular flexibility index (Phi) is 3.39. The summed E-state index contributed by atoms with van der Waals surface area (Å²) < 4.78 is 78.4. The molecule has 0 bridgehead atoms. The van der Waals surface area contributed by atoms with Gasteiger partial charge in [-0.05, 0) is 36.4 Å². The third kappa shape index (κ3) is 2.78. The number of benzene rings is 2. The molecule has 0 aliphatic rings. The number of fused-ring (bicyclic) bond motifs is 1. The van der Waals surface area contributed by atoms with E-state index in [0.29, 0.717) is 5.39 Å². The van der Waals surface area contributed by atoms with Crippen molar-refractivity contribution in [1.29, 1.82) is 0 Å². The first-order valence-corrected chi connectivity index (χ1v) is 6.53. The van der Waals surface area contributed by atoms with Crippen LogP contribution in [0.1, 0.15) is 11.3 Å². The average Bonchev–Trinajstić information content (AvgIpc) is 2.86. The maximum atomic E-state index is 13.2. The number of hydrogen-bond donors (Lipinski definition) is 0. The molecule has 0 N–H and O–H groups in total. The highest BCUT2D eigenvalue weighted by molar-refractivity contribution is 5.83. The summed E-state index contributed by atoms with van der Waals surface area (Å²) in [5.74, 6) is 0. The van der Waals surface area contributed by atoms with E-state index < -0.39 is 23.6 Å². The van der Waals surface area contributed by atoms with Crippen molar-refractivity contribution in [1.82, 2.24) is 4.57 Å². The summed E-state index contributed by atoms with van der Waals surface area (Å²) in [5, 5.41) is 0.361. The van der Waals surface area contributed by atoms with Crippen LogP contribution >= 0.6 is 0 Å². The van der Waals surface area contributed by atoms with Crippen LogP contribution in [0.4, 0.5) is 26.3 Å². The van der Waals surface area contributed by atoms with Gasteiger partial charge >= 0.3 is 12.4 Å². The predicted octanol–water partition coefficient (Wildman–Crippen LogP) is 5.67. The van der Waals surface area contributed by atoms with Gasteiger partial charge in [0.05, 0.1) is 11.1 Å². The molecule has 0 fully saturated rings. The van der Waals surface area contributed by atoms with Crippen LogP contribution in [-0.4, -0.2) is 4.57 Å². The second-order valence-electron chi connectivity index (χ2n) is 4.97. The minimum Gasteiger partial charge on any atom is -0.305 e. The van der Waals surface area contributed by atoms with Crippen molar-refractivity contribution >= 4 is 10.9 Å². The number of aromatic nitrogens is 1. The first-order valence-electron chi connectivity index (χ1n) is 6.53. The van der Waals surface area contributed by atoms with Gasteiger partial charge in [0.25, 0.3) is 0 Å². The molecule has 1 aromatic heterocycles. The van der Waals surface area contributed by atoms with E-state index in [0.717, 1.165) is 34.9 Å². The van der Waals surface area contributed by atoms with E-state index in [2.05, 4.69) is 0 Å². The molecule has 0 amide bonds. The topological polar surface area (TPSA) is 4.93 Å². The SMILES string of the molecule is FC(F)(F)c1ccc(-n2c(C(F)(F)F)cc3ccccc32)cc1. The highest BCUT2D eigenvalue weighted by Gasteiger charge is 2.36. The molecule has 0 saturated heterocycles. The van der Waals surface area contributed by atoms with Crippen molar-refractivity contribution < 1.29 is 26.3 Å². The third-order valence-electron chi connectivity index (χ3n) is 3.45. The average molecular weight is 329 g/mol. The van der Waals surface area contributed by atoms with Gasteiger partial charge in [-0.25, -0.2) is 0 Å². The third-order valence-corrected chi connectivity index (χ3v) is 3.45. The smallest absolute Gasteiger partial charge is 0.305 e. The normalized spacial score (nSPS) is 12.8. The molecule has 23 heavy (non-hydrogen) atoms. The van der Waals surface area contributed by atoms with Gasteiger partial charge in [0.1, 0.15) is 5.69 Å². The van der Waals surface area contributed by atoms with Gasteiger partial charge in [0.2, 0.25) is 0 Å². The van der Waals surface area contributed by atoms with Crippen molar-refractivity contribution in [3.8, 4) is 5.69 Å². The maximum absolute atomic E-state index is 13.2. The molecule has 0 aliphatic heterocycles. The van der Waals surface area contributed by atoms with Crippen molar-refractivity contribution in [3.63, 3.8) is 0 Å². The number of para-hydroxylation sites is 1. The molecule has 0 atom stereocenters. The Hall–Kier alpha value is -2.44. The summed E-state index contributed by atoms with van der Waals surface area (Å²) in [6.07, 6.45) is -9.16. The second-order valence-corrected chi connectivity index (χ2v) is 4.97. The quantitative estimate of drug-likeness (QED) is 0.507. The molecule has 1 nitrogen and oxygen atoms in total. The minimum absolute atomic E-state index is 0.0199. The van der Waals surface area contributed by atoms with E-state index in [1.54, 1.807) is 12.1 Å². The van der Waals surface area contributed by atoms with Crippen LogP contribution < -0.4 is 0 Å². The minimum atomic E-state index is -4.62. The standard InChI is InChI=1S/C16H9F6N/c17-15(18,19)11-5-7-12(8-6-11)23-13-4-2-1-3-10(13)9-14(23)16(20,21)22/h1-9H. The Morgan fingerprint density at radius 1 is 0.696 bits per heavy atom. The molecular weight excluding hydrogens is 320 g/mol. The Bertz CT molecular complexity index is 840. The van der Waals surface area contributed by atoms with Crippen LogP contribution in [0, 0.1) is 0 Å². The summed E-state index contributed by atoms with van der Waals surface area (Å²) in [4.78, 5) is 0. The molecule has 0 spiro atoms. The van der Waals surface area contributed by atoms with Crippen molar-refractivity contribution in [2.24, 2.45) is 0 Å². The fourth-order valence-electron chi connectivity index (χ4n) is 2.44. The summed E-state index contributed by atoms with van der Waals surface area (Å²) in [5.41, 5.74) is -1.55. The molecule has 0 aliphatic carbocycles. The lowest BCUT2D eigenvalue weighted by Gasteiger charge is -2.14. The maximum Gasteiger partial charge on any atom is 0.431 e. The van der Waals surface area contributed by atoms with Gasteiger partial charge in [-0.15, -0.1) is 0 Å². The number of nitrogens with zero attached hydrogens (tertiary/aromatic N) is 1. The highest BCUT2D eigenvalue weighted by Crippen LogP contribution is 2.37. The predicted molar refractivity (Wildman–Crippen MR) is 73.3 cm³/mol. The molecule has 3 rings (SSSR count). The Morgan fingerprint density at radius 2 is 1.30 bits per heavy atom. The van der Waals surface area contributed by atoms with Crippen LogP contribution in [0.25, 0.3) is 16.6 Å². The fraction of sp³-hybridized carbons (Fsp3) is 0.125. The molecular formula is C16H9F6N. The Labute approximate surface area is 126 Å². The zero-order valence-electron chi connectivity index (χ0n) is 11.4. The van der Waals surface area contributed by atoms with Gasteiger partial charge in [0, 0.05) is 11.1 Å². The van der Waals surface area contributed by atoms with E-state index in [-0.39, 0.29) is 11.2 Å². The number of alkyl halides is 6. The second kappa shape index (κ2) is 5.04. The molecule has 1 heterocycles. The molecule has 3 aromatic rings. The van der Waals surface area contributed by atoms with E-state index >= 15 is 0 Å². The lowest BCUT2D eigenvalue weighted by Crippen LogP contribution is -2.12. The Morgan fingerprint density at radius 3 is 1.87 bits per heavy atom. The zero-order chi connectivity index (χ0) is 16.8. The van der Waals surface area contributed by atoms with E-state index in [9.17, 15) is 26.3 Å². The Balaban J connectivity index is 2.22. The summed E-state index contributed by atoms with van der Waals surface area (Å²) in [7, 11) is 0. The summed E-state index contributed by atoms with van der Waals surface area (Å²) in [6, 6.07) is 10.8. The van der Waals surface area contributed by atoms with Gasteiger partial charge in [0.15, 0.2) is 0 Å². The van der Waals surface area contributed by atoms with Gasteiger partial charge in [-0.1, -0.05) is 18.2 Å². The van der Waals surface area contributed by atoms with Crippen LogP contribution in [0.2, 0.25) is 0 Å². The van der Waals surface area contributed by atoms with Gasteiger partial charge in [-0.2, -0.15) is 26.3 Å². The monoisotopic (exact) mass is 329 g/mol. The van der Waals surface area contributed by atoms with Crippen molar-refractivity contribution in [2.45, 2.75) is 12.4 Å². The fourth-order valence-corrected chi connectivity index (χ4v) is 2.44. The lowest BCUT2D eigenvalue weighted by atomic mass is 10.2. The molecule has 120 valence electrons. The first kappa shape index (κ1) is 15.5. The first-order chi connectivity index (χ1) is 10.7. The molecule has 0 radical (unpaired) electrons. The summed E-state index contributed by atoms with van der Waals surface area (Å²) >= 11 is 0. The van der Waals surface area contributed by atoms with Crippen molar-refractivity contribution in [2.75, 3.05) is 0 Å². The molecule has 7 heteroatoms. The largest absolute Gasteiger partial charge is 0.431 e. The van der Waals surface area contributed by atoms with Crippen molar-refractivity contribution in [3.05, 3.63) is 65.9 Å². The van der Waals surface area contributed by atoms with Crippen LogP contribution in [-0.2, 0) is 12.4 Å². The molecule has 0 saturated carbocycles. The van der Waals surface area contributed by atoms with E-state index in [1.165, 1.54) is 12.1 Å².